The maximum absolute atomic E-state index is 13.3. The van der Waals surface area contributed by atoms with E-state index in [-0.39, 0.29) is 24.3 Å². The molecule has 0 unspecified atom stereocenters. The highest BCUT2D eigenvalue weighted by molar-refractivity contribution is 6.31. The molecule has 1 N–H and O–H groups in total. The van der Waals surface area contributed by atoms with E-state index < -0.39 is 6.04 Å². The number of hydrogen-bond acceptors (Lipinski definition) is 3. The van der Waals surface area contributed by atoms with E-state index in [0.717, 1.165) is 23.3 Å². The Bertz CT molecular complexity index is 854. The zero-order valence-electron chi connectivity index (χ0n) is 18.9. The second-order valence-corrected chi connectivity index (χ2v) is 8.11. The molecule has 0 saturated heterocycles. The molecule has 2 amide bonds. The number of hydrogen-bond donors (Lipinski definition) is 1. The average molecular weight is 445 g/mol. The molecule has 6 heteroatoms. The summed E-state index contributed by atoms with van der Waals surface area (Å²) in [6, 6.07) is 14.6. The summed E-state index contributed by atoms with van der Waals surface area (Å²) in [6.07, 6.45) is 2.19. The largest absolute Gasteiger partial charge is 0.497 e. The van der Waals surface area contributed by atoms with Gasteiger partial charge in [-0.2, -0.15) is 0 Å². The molecule has 0 fully saturated rings. The maximum Gasteiger partial charge on any atom is 0.243 e. The van der Waals surface area contributed by atoms with Crippen LogP contribution in [0.25, 0.3) is 0 Å². The van der Waals surface area contributed by atoms with Crippen LogP contribution >= 0.6 is 11.6 Å². The quantitative estimate of drug-likeness (QED) is 0.530. The molecular weight excluding hydrogens is 412 g/mol. The van der Waals surface area contributed by atoms with Gasteiger partial charge in [-0.3, -0.25) is 9.59 Å². The van der Waals surface area contributed by atoms with Crippen LogP contribution in [0.4, 0.5) is 0 Å². The lowest BCUT2D eigenvalue weighted by Crippen LogP contribution is -2.50. The summed E-state index contributed by atoms with van der Waals surface area (Å²) >= 11 is 6.26. The van der Waals surface area contributed by atoms with Crippen molar-refractivity contribution in [3.63, 3.8) is 0 Å². The first-order chi connectivity index (χ1) is 14.9. The Kier molecular flexibility index (Phi) is 9.86. The van der Waals surface area contributed by atoms with Crippen molar-refractivity contribution >= 4 is 23.4 Å². The Hall–Kier alpha value is -2.53. The van der Waals surface area contributed by atoms with Crippen molar-refractivity contribution in [2.24, 2.45) is 0 Å². The van der Waals surface area contributed by atoms with Crippen molar-refractivity contribution in [1.82, 2.24) is 10.2 Å². The second kappa shape index (κ2) is 12.4. The van der Waals surface area contributed by atoms with Crippen molar-refractivity contribution in [3.8, 4) is 5.75 Å². The van der Waals surface area contributed by atoms with Gasteiger partial charge in [-0.15, -0.1) is 0 Å². The van der Waals surface area contributed by atoms with Crippen molar-refractivity contribution in [3.05, 3.63) is 64.7 Å². The molecule has 5 nitrogen and oxygen atoms in total. The summed E-state index contributed by atoms with van der Waals surface area (Å²) in [5.41, 5.74) is 1.88. The van der Waals surface area contributed by atoms with Crippen LogP contribution in [0.5, 0.6) is 5.75 Å². The van der Waals surface area contributed by atoms with Crippen molar-refractivity contribution in [1.29, 1.82) is 0 Å². The number of amides is 2. The minimum Gasteiger partial charge on any atom is -0.497 e. The lowest BCUT2D eigenvalue weighted by molar-refractivity contribution is -0.141. The Morgan fingerprint density at radius 1 is 1.06 bits per heavy atom. The molecule has 0 aliphatic carbocycles. The van der Waals surface area contributed by atoms with E-state index in [1.807, 2.05) is 69.3 Å². The number of nitrogens with one attached hydrogen (secondary N) is 1. The molecule has 2 aromatic carbocycles. The first-order valence-corrected chi connectivity index (χ1v) is 11.2. The summed E-state index contributed by atoms with van der Waals surface area (Å²) in [5, 5.41) is 3.68. The number of ether oxygens (including phenoxy) is 1. The fourth-order valence-corrected chi connectivity index (χ4v) is 3.60. The second-order valence-electron chi connectivity index (χ2n) is 7.70. The Balaban J connectivity index is 2.22. The zero-order valence-corrected chi connectivity index (χ0v) is 19.6. The minimum absolute atomic E-state index is 0.0580. The predicted octanol–water partition coefficient (Wildman–Crippen LogP) is 5.00. The van der Waals surface area contributed by atoms with Crippen LogP contribution < -0.4 is 10.1 Å². The minimum atomic E-state index is -0.533. The van der Waals surface area contributed by atoms with Crippen LogP contribution in [-0.2, 0) is 22.6 Å². The molecule has 0 saturated carbocycles. The van der Waals surface area contributed by atoms with Crippen LogP contribution in [-0.4, -0.2) is 35.9 Å². The molecule has 0 radical (unpaired) electrons. The zero-order chi connectivity index (χ0) is 22.8. The summed E-state index contributed by atoms with van der Waals surface area (Å²) in [5.74, 6) is 0.570. The molecule has 31 heavy (non-hydrogen) atoms. The third-order valence-corrected chi connectivity index (χ3v) is 5.83. The molecule has 0 aliphatic rings. The third-order valence-electron chi connectivity index (χ3n) is 5.46. The van der Waals surface area contributed by atoms with E-state index >= 15 is 0 Å². The fourth-order valence-electron chi connectivity index (χ4n) is 3.37. The molecular formula is C25H33ClN2O3. The van der Waals surface area contributed by atoms with Gasteiger partial charge in [-0.25, -0.2) is 0 Å². The lowest BCUT2D eigenvalue weighted by atomic mass is 10.1. The number of methoxy groups -OCH3 is 1. The van der Waals surface area contributed by atoms with Gasteiger partial charge < -0.3 is 15.0 Å². The van der Waals surface area contributed by atoms with Gasteiger partial charge in [-0.1, -0.05) is 55.8 Å². The molecule has 0 bridgehead atoms. The SMILES string of the molecule is CC[C@H](C)NC(=O)[C@H](CC)N(Cc1ccc(OC)cc1)C(=O)CCc1ccccc1Cl. The monoisotopic (exact) mass is 444 g/mol. The highest BCUT2D eigenvalue weighted by Crippen LogP contribution is 2.20. The number of carbonyl (C=O) groups excluding carboxylic acids is 2. The first-order valence-electron chi connectivity index (χ1n) is 10.9. The van der Waals surface area contributed by atoms with Gasteiger partial charge >= 0.3 is 0 Å². The molecule has 0 heterocycles. The fraction of sp³-hybridized carbons (Fsp3) is 0.440. The van der Waals surface area contributed by atoms with Crippen molar-refractivity contribution in [2.75, 3.05) is 7.11 Å². The summed E-state index contributed by atoms with van der Waals surface area (Å²) in [4.78, 5) is 27.9. The number of nitrogens with zero attached hydrogens (tertiary/aromatic N) is 1. The lowest BCUT2D eigenvalue weighted by Gasteiger charge is -2.31. The van der Waals surface area contributed by atoms with Gasteiger partial charge in [-0.05, 0) is 55.5 Å². The number of halogens is 1. The standard InChI is InChI=1S/C25H33ClN2O3/c1-5-18(3)27-25(30)23(6-2)28(17-19-11-14-21(31-4)15-12-19)24(29)16-13-20-9-7-8-10-22(20)26/h7-12,14-15,18,23H,5-6,13,16-17H2,1-4H3,(H,27,30)/t18-,23-/m0/s1. The number of benzene rings is 2. The Labute approximate surface area is 190 Å². The summed E-state index contributed by atoms with van der Waals surface area (Å²) in [7, 11) is 1.62. The van der Waals surface area contributed by atoms with E-state index in [9.17, 15) is 9.59 Å². The Morgan fingerprint density at radius 2 is 1.74 bits per heavy atom. The van der Waals surface area contributed by atoms with Crippen LogP contribution in [0, 0.1) is 0 Å². The van der Waals surface area contributed by atoms with Gasteiger partial charge in [0.05, 0.1) is 7.11 Å². The van der Waals surface area contributed by atoms with E-state index in [2.05, 4.69) is 5.32 Å². The van der Waals surface area contributed by atoms with Crippen molar-refractivity contribution < 1.29 is 14.3 Å². The molecule has 168 valence electrons. The number of carbonyl (C=O) groups is 2. The number of aryl methyl sites for hydroxylation is 1. The van der Waals surface area contributed by atoms with Gasteiger partial charge in [0, 0.05) is 24.0 Å². The van der Waals surface area contributed by atoms with Crippen LogP contribution in [0.15, 0.2) is 48.5 Å². The van der Waals surface area contributed by atoms with Crippen LogP contribution in [0.3, 0.4) is 0 Å². The van der Waals surface area contributed by atoms with Crippen LogP contribution in [0.1, 0.15) is 51.2 Å². The van der Waals surface area contributed by atoms with Gasteiger partial charge in [0.25, 0.3) is 0 Å². The summed E-state index contributed by atoms with van der Waals surface area (Å²) < 4.78 is 5.23. The van der Waals surface area contributed by atoms with E-state index in [0.29, 0.717) is 24.4 Å². The molecule has 2 rings (SSSR count). The number of rotatable bonds is 11. The molecule has 2 atom stereocenters. The van der Waals surface area contributed by atoms with Gasteiger partial charge in [0.15, 0.2) is 0 Å². The molecule has 0 spiro atoms. The maximum atomic E-state index is 13.3. The summed E-state index contributed by atoms with van der Waals surface area (Å²) in [6.45, 7) is 6.29. The smallest absolute Gasteiger partial charge is 0.243 e. The molecule has 2 aromatic rings. The average Bonchev–Trinajstić information content (AvgIpc) is 2.78. The van der Waals surface area contributed by atoms with Crippen LogP contribution in [0.2, 0.25) is 5.02 Å². The Morgan fingerprint density at radius 3 is 2.32 bits per heavy atom. The first kappa shape index (κ1) is 24.7. The van der Waals surface area contributed by atoms with Gasteiger partial charge in [0.1, 0.15) is 11.8 Å². The predicted molar refractivity (Wildman–Crippen MR) is 125 cm³/mol. The molecule has 0 aromatic heterocycles. The molecule has 0 aliphatic heterocycles. The van der Waals surface area contributed by atoms with Crippen molar-refractivity contribution in [2.45, 2.75) is 65.1 Å². The van der Waals surface area contributed by atoms with E-state index in [1.165, 1.54) is 0 Å². The van der Waals surface area contributed by atoms with E-state index in [4.69, 9.17) is 16.3 Å². The normalized spacial score (nSPS) is 12.7. The highest BCUT2D eigenvalue weighted by Gasteiger charge is 2.29. The third kappa shape index (κ3) is 7.28. The highest BCUT2D eigenvalue weighted by atomic mass is 35.5. The topological polar surface area (TPSA) is 58.6 Å². The van der Waals surface area contributed by atoms with E-state index in [1.54, 1.807) is 12.0 Å². The van der Waals surface area contributed by atoms with Gasteiger partial charge in [0.2, 0.25) is 11.8 Å².